The maximum atomic E-state index is 11.7. The number of nitrogens with zero attached hydrogens (tertiary/aromatic N) is 1. The summed E-state index contributed by atoms with van der Waals surface area (Å²) in [6.07, 6.45) is -0.249. The topological polar surface area (TPSA) is 67.9 Å². The molecular formula is C18H28N2O4. The summed E-state index contributed by atoms with van der Waals surface area (Å²) in [7, 11) is 1.79. The molecule has 0 unspecified atom stereocenters. The molecule has 0 atom stereocenters. The van der Waals surface area contributed by atoms with Gasteiger partial charge in [0, 0.05) is 20.1 Å². The fourth-order valence-electron chi connectivity index (χ4n) is 1.98. The van der Waals surface area contributed by atoms with E-state index in [1.54, 1.807) is 11.9 Å². The van der Waals surface area contributed by atoms with E-state index in [4.69, 9.17) is 4.74 Å². The van der Waals surface area contributed by atoms with Crippen molar-refractivity contribution in [3.8, 4) is 0 Å². The molecular weight excluding hydrogens is 308 g/mol. The van der Waals surface area contributed by atoms with Crippen molar-refractivity contribution in [2.24, 2.45) is 0 Å². The minimum Gasteiger partial charge on any atom is -0.463 e. The highest BCUT2D eigenvalue weighted by atomic mass is 16.6. The molecule has 1 amide bonds. The summed E-state index contributed by atoms with van der Waals surface area (Å²) >= 11 is 0. The van der Waals surface area contributed by atoms with Crippen molar-refractivity contribution < 1.29 is 19.1 Å². The Hall–Kier alpha value is -2.08. The number of likely N-dealkylation sites (N-methyl/N-ethyl adjacent to an activating group) is 1. The number of nitrogens with one attached hydrogen (secondary N) is 1. The lowest BCUT2D eigenvalue weighted by molar-refractivity contribution is -0.129. The van der Waals surface area contributed by atoms with Gasteiger partial charge in [0.2, 0.25) is 0 Å². The van der Waals surface area contributed by atoms with Crippen LogP contribution in [0.3, 0.4) is 0 Å². The maximum absolute atomic E-state index is 11.7. The monoisotopic (exact) mass is 336 g/mol. The van der Waals surface area contributed by atoms with E-state index in [-0.39, 0.29) is 11.6 Å². The first-order valence-electron chi connectivity index (χ1n) is 7.95. The number of rotatable bonds is 4. The molecule has 1 aliphatic rings. The molecule has 2 rings (SSSR count). The van der Waals surface area contributed by atoms with Gasteiger partial charge in [0.1, 0.15) is 12.2 Å². The number of carbonyl (C=O) groups is 2. The van der Waals surface area contributed by atoms with Gasteiger partial charge in [-0.15, -0.1) is 0 Å². The van der Waals surface area contributed by atoms with Crippen molar-refractivity contribution in [1.29, 1.82) is 0 Å². The molecule has 1 N–H and O–H groups in total. The van der Waals surface area contributed by atoms with E-state index >= 15 is 0 Å². The second-order valence-corrected chi connectivity index (χ2v) is 7.03. The summed E-state index contributed by atoms with van der Waals surface area (Å²) in [5.41, 5.74) is 0.510. The number of carbonyl (C=O) groups excluding carboxylic acids is 2. The van der Waals surface area contributed by atoms with Crippen LogP contribution < -0.4 is 5.32 Å². The molecule has 0 spiro atoms. The summed E-state index contributed by atoms with van der Waals surface area (Å²) in [6.45, 7) is 10.2. The van der Waals surface area contributed by atoms with Crippen molar-refractivity contribution >= 4 is 12.6 Å². The minimum absolute atomic E-state index is 0.0810. The van der Waals surface area contributed by atoms with E-state index in [0.717, 1.165) is 18.7 Å². The van der Waals surface area contributed by atoms with E-state index in [2.05, 4.69) is 10.1 Å². The Balaban J connectivity index is 0.000000254. The maximum Gasteiger partial charge on any atom is 0.410 e. The van der Waals surface area contributed by atoms with Gasteiger partial charge in [-0.3, -0.25) is 4.79 Å². The van der Waals surface area contributed by atoms with Gasteiger partial charge >= 0.3 is 6.09 Å². The molecule has 6 nitrogen and oxygen atoms in total. The van der Waals surface area contributed by atoms with Gasteiger partial charge in [0.25, 0.3) is 6.47 Å². The molecule has 1 aromatic rings. The quantitative estimate of drug-likeness (QED) is 0.856. The third-order valence-electron chi connectivity index (χ3n) is 3.65. The number of hydrogen-bond acceptors (Lipinski definition) is 5. The highest BCUT2D eigenvalue weighted by Gasteiger charge is 2.40. The third kappa shape index (κ3) is 6.58. The van der Waals surface area contributed by atoms with Crippen LogP contribution in [-0.2, 0) is 20.9 Å². The van der Waals surface area contributed by atoms with Gasteiger partial charge < -0.3 is 19.7 Å². The van der Waals surface area contributed by atoms with Gasteiger partial charge in [-0.25, -0.2) is 4.79 Å². The lowest BCUT2D eigenvalue weighted by Crippen LogP contribution is -2.67. The van der Waals surface area contributed by atoms with Crippen LogP contribution in [0.1, 0.15) is 33.3 Å². The molecule has 0 aromatic heterocycles. The molecule has 6 heteroatoms. The second-order valence-electron chi connectivity index (χ2n) is 7.03. The molecule has 1 fully saturated rings. The average Bonchev–Trinajstić information content (AvgIpc) is 2.50. The molecule has 1 aromatic carbocycles. The minimum atomic E-state index is -0.418. The summed E-state index contributed by atoms with van der Waals surface area (Å²) < 4.78 is 9.82. The second kappa shape index (κ2) is 8.68. The zero-order chi connectivity index (χ0) is 18.2. The van der Waals surface area contributed by atoms with Gasteiger partial charge in [0.15, 0.2) is 0 Å². The fraction of sp³-hybridized carbons (Fsp3) is 0.556. The summed E-state index contributed by atoms with van der Waals surface area (Å²) in [5, 5.41) is 3.15. The number of amides is 1. The molecule has 0 radical (unpaired) electrons. The van der Waals surface area contributed by atoms with E-state index in [9.17, 15) is 9.59 Å². The van der Waals surface area contributed by atoms with Gasteiger partial charge in [-0.2, -0.15) is 0 Å². The van der Waals surface area contributed by atoms with E-state index in [0.29, 0.717) is 13.1 Å². The van der Waals surface area contributed by atoms with Gasteiger partial charge in [-0.1, -0.05) is 30.3 Å². The Labute approximate surface area is 144 Å². The van der Waals surface area contributed by atoms with E-state index < -0.39 is 5.60 Å². The molecule has 1 aliphatic heterocycles. The Bertz CT molecular complexity index is 522. The van der Waals surface area contributed by atoms with Crippen molar-refractivity contribution in [2.75, 3.05) is 20.1 Å². The highest BCUT2D eigenvalue weighted by Crippen LogP contribution is 2.20. The first-order chi connectivity index (χ1) is 11.2. The predicted octanol–water partition coefficient (Wildman–Crippen LogP) is 2.57. The van der Waals surface area contributed by atoms with Crippen molar-refractivity contribution in [3.63, 3.8) is 0 Å². The SMILES string of the molecule is CN(C(=O)OC(C)(C)C)C1(C)CNC1.O=COCc1ccccc1. The molecule has 0 aliphatic carbocycles. The van der Waals surface area contributed by atoms with Gasteiger partial charge in [-0.05, 0) is 33.3 Å². The average molecular weight is 336 g/mol. The van der Waals surface area contributed by atoms with Crippen molar-refractivity contribution in [2.45, 2.75) is 45.4 Å². The normalized spacial score (nSPS) is 15.2. The molecule has 0 saturated carbocycles. The van der Waals surface area contributed by atoms with Crippen LogP contribution >= 0.6 is 0 Å². The predicted molar refractivity (Wildman–Crippen MR) is 92.6 cm³/mol. The Morgan fingerprint density at radius 3 is 2.29 bits per heavy atom. The largest absolute Gasteiger partial charge is 0.463 e. The first-order valence-corrected chi connectivity index (χ1v) is 7.95. The zero-order valence-electron chi connectivity index (χ0n) is 15.2. The zero-order valence-corrected chi connectivity index (χ0v) is 15.2. The highest BCUT2D eigenvalue weighted by molar-refractivity contribution is 5.69. The van der Waals surface area contributed by atoms with Crippen LogP contribution in [0.2, 0.25) is 0 Å². The van der Waals surface area contributed by atoms with Crippen LogP contribution in [0.25, 0.3) is 0 Å². The van der Waals surface area contributed by atoms with E-state index in [1.165, 1.54) is 0 Å². The Morgan fingerprint density at radius 1 is 1.29 bits per heavy atom. The van der Waals surface area contributed by atoms with E-state index in [1.807, 2.05) is 58.0 Å². The smallest absolute Gasteiger partial charge is 0.410 e. The number of benzene rings is 1. The van der Waals surface area contributed by atoms with Crippen LogP contribution in [0, 0.1) is 0 Å². The number of ether oxygens (including phenoxy) is 2. The van der Waals surface area contributed by atoms with Crippen LogP contribution in [0.5, 0.6) is 0 Å². The third-order valence-corrected chi connectivity index (χ3v) is 3.65. The van der Waals surface area contributed by atoms with Crippen LogP contribution in [0.15, 0.2) is 30.3 Å². The first kappa shape index (κ1) is 20.0. The molecule has 0 bridgehead atoms. The lowest BCUT2D eigenvalue weighted by Gasteiger charge is -2.46. The summed E-state index contributed by atoms with van der Waals surface area (Å²) in [5.74, 6) is 0. The fourth-order valence-corrected chi connectivity index (χ4v) is 1.98. The molecule has 134 valence electrons. The molecule has 24 heavy (non-hydrogen) atoms. The van der Waals surface area contributed by atoms with Gasteiger partial charge in [0.05, 0.1) is 5.54 Å². The van der Waals surface area contributed by atoms with Crippen molar-refractivity contribution in [3.05, 3.63) is 35.9 Å². The van der Waals surface area contributed by atoms with Crippen LogP contribution in [-0.4, -0.2) is 48.7 Å². The van der Waals surface area contributed by atoms with Crippen LogP contribution in [0.4, 0.5) is 4.79 Å². The molecule has 1 saturated heterocycles. The summed E-state index contributed by atoms with van der Waals surface area (Å²) in [4.78, 5) is 23.1. The van der Waals surface area contributed by atoms with Crippen molar-refractivity contribution in [1.82, 2.24) is 10.2 Å². The summed E-state index contributed by atoms with van der Waals surface area (Å²) in [6, 6.07) is 9.55. The lowest BCUT2D eigenvalue weighted by atomic mass is 9.94. The molecule has 1 heterocycles. The Morgan fingerprint density at radius 2 is 1.88 bits per heavy atom. The number of hydrogen-bond donors (Lipinski definition) is 1. The standard InChI is InChI=1S/C10H20N2O2.C8H8O2/c1-9(2,3)14-8(13)12(5)10(4)6-11-7-10;9-7-10-6-8-4-2-1-3-5-8/h11H,6-7H2,1-5H3;1-5,7H,6H2. The Kier molecular flexibility index (Phi) is 7.22.